The molecule has 1 aromatic heterocycles. The Balaban J connectivity index is 2.16. The number of aryl methyl sites for hydroxylation is 2. The fourth-order valence-electron chi connectivity index (χ4n) is 2.31. The summed E-state index contributed by atoms with van der Waals surface area (Å²) in [6.07, 6.45) is -0.134. The smallest absolute Gasteiger partial charge is 0.266 e. The van der Waals surface area contributed by atoms with Gasteiger partial charge in [0.05, 0.1) is 5.56 Å². The van der Waals surface area contributed by atoms with Crippen molar-refractivity contribution in [3.8, 4) is 5.75 Å². The molecular weight excluding hydrogens is 324 g/mol. The first-order valence-corrected chi connectivity index (χ1v) is 8.59. The lowest BCUT2D eigenvalue weighted by atomic mass is 10.1. The second-order valence-corrected chi connectivity index (χ2v) is 6.89. The van der Waals surface area contributed by atoms with Crippen molar-refractivity contribution in [3.63, 3.8) is 0 Å². The van der Waals surface area contributed by atoms with Crippen LogP contribution in [0.2, 0.25) is 0 Å². The Kier molecular flexibility index (Phi) is 5.62. The van der Waals surface area contributed by atoms with Crippen molar-refractivity contribution in [1.29, 1.82) is 0 Å². The molecule has 128 valence electrons. The Morgan fingerprint density at radius 1 is 1.21 bits per heavy atom. The van der Waals surface area contributed by atoms with Crippen LogP contribution in [0.25, 0.3) is 0 Å². The molecule has 0 saturated heterocycles. The lowest BCUT2D eigenvalue weighted by Gasteiger charge is -2.17. The molecular formula is C18H22N2O3S. The SMILES string of the molecule is CC[C@@H](Oc1ccc(C)cc1)C(=O)Nc1sc(C)c(C)c1C(N)=O. The number of thiophene rings is 1. The van der Waals surface area contributed by atoms with Crippen molar-refractivity contribution < 1.29 is 14.3 Å². The molecule has 1 aromatic carbocycles. The van der Waals surface area contributed by atoms with Gasteiger partial charge in [0.15, 0.2) is 6.10 Å². The fraction of sp³-hybridized carbons (Fsp3) is 0.333. The first-order valence-electron chi connectivity index (χ1n) is 7.77. The van der Waals surface area contributed by atoms with E-state index in [-0.39, 0.29) is 5.91 Å². The molecule has 0 aliphatic rings. The predicted molar refractivity (Wildman–Crippen MR) is 96.8 cm³/mol. The fourth-order valence-corrected chi connectivity index (χ4v) is 3.38. The van der Waals surface area contributed by atoms with Gasteiger partial charge in [0, 0.05) is 4.88 Å². The Hall–Kier alpha value is -2.34. The van der Waals surface area contributed by atoms with E-state index in [1.807, 2.05) is 52.0 Å². The molecule has 2 amide bonds. The van der Waals surface area contributed by atoms with Crippen LogP contribution in [-0.4, -0.2) is 17.9 Å². The van der Waals surface area contributed by atoms with Crippen molar-refractivity contribution in [1.82, 2.24) is 0 Å². The third kappa shape index (κ3) is 3.94. The summed E-state index contributed by atoms with van der Waals surface area (Å²) in [4.78, 5) is 25.1. The second kappa shape index (κ2) is 7.49. The number of anilines is 1. The van der Waals surface area contributed by atoms with Crippen LogP contribution in [0.1, 0.15) is 39.7 Å². The van der Waals surface area contributed by atoms with E-state index in [9.17, 15) is 9.59 Å². The Morgan fingerprint density at radius 3 is 2.38 bits per heavy atom. The maximum absolute atomic E-state index is 12.5. The van der Waals surface area contributed by atoms with E-state index in [2.05, 4.69) is 5.32 Å². The molecule has 0 bridgehead atoms. The molecule has 0 unspecified atom stereocenters. The number of primary amides is 1. The third-order valence-electron chi connectivity index (χ3n) is 3.83. The minimum atomic E-state index is -0.642. The van der Waals surface area contributed by atoms with Gasteiger partial charge in [0.2, 0.25) is 0 Å². The van der Waals surface area contributed by atoms with E-state index in [0.717, 1.165) is 16.0 Å². The first kappa shape index (κ1) is 18.0. The highest BCUT2D eigenvalue weighted by molar-refractivity contribution is 7.16. The number of nitrogens with two attached hydrogens (primary N) is 1. The zero-order chi connectivity index (χ0) is 17.9. The number of hydrogen-bond donors (Lipinski definition) is 2. The lowest BCUT2D eigenvalue weighted by molar-refractivity contribution is -0.122. The Labute approximate surface area is 145 Å². The predicted octanol–water partition coefficient (Wildman–Crippen LogP) is 3.57. The van der Waals surface area contributed by atoms with Crippen LogP contribution >= 0.6 is 11.3 Å². The molecule has 0 aliphatic heterocycles. The summed E-state index contributed by atoms with van der Waals surface area (Å²) in [6.45, 7) is 7.57. The van der Waals surface area contributed by atoms with E-state index in [4.69, 9.17) is 10.5 Å². The molecule has 0 aliphatic carbocycles. The highest BCUT2D eigenvalue weighted by Crippen LogP contribution is 2.32. The van der Waals surface area contributed by atoms with E-state index in [0.29, 0.717) is 22.7 Å². The van der Waals surface area contributed by atoms with Crippen LogP contribution < -0.4 is 15.8 Å². The summed E-state index contributed by atoms with van der Waals surface area (Å²) in [7, 11) is 0. The molecule has 5 nitrogen and oxygen atoms in total. The van der Waals surface area contributed by atoms with Crippen molar-refractivity contribution in [2.75, 3.05) is 5.32 Å². The maximum atomic E-state index is 12.5. The number of nitrogens with one attached hydrogen (secondary N) is 1. The number of hydrogen-bond acceptors (Lipinski definition) is 4. The Bertz CT molecular complexity index is 750. The van der Waals surface area contributed by atoms with E-state index >= 15 is 0 Å². The van der Waals surface area contributed by atoms with Crippen LogP contribution in [0.3, 0.4) is 0 Å². The molecule has 0 fully saturated rings. The number of carbonyl (C=O) groups excluding carboxylic acids is 2. The van der Waals surface area contributed by atoms with Crippen LogP contribution in [0.15, 0.2) is 24.3 Å². The highest BCUT2D eigenvalue weighted by Gasteiger charge is 2.23. The summed E-state index contributed by atoms with van der Waals surface area (Å²) in [6, 6.07) is 7.52. The van der Waals surface area contributed by atoms with Gasteiger partial charge in [-0.3, -0.25) is 9.59 Å². The summed E-state index contributed by atoms with van der Waals surface area (Å²) < 4.78 is 5.77. The number of carbonyl (C=O) groups is 2. The van der Waals surface area contributed by atoms with Gasteiger partial charge >= 0.3 is 0 Å². The normalized spacial score (nSPS) is 11.8. The zero-order valence-corrected chi connectivity index (χ0v) is 15.1. The molecule has 24 heavy (non-hydrogen) atoms. The van der Waals surface area contributed by atoms with Crippen molar-refractivity contribution in [2.45, 2.75) is 40.2 Å². The second-order valence-electron chi connectivity index (χ2n) is 5.67. The van der Waals surface area contributed by atoms with Gasteiger partial charge < -0.3 is 15.8 Å². The lowest BCUT2D eigenvalue weighted by Crippen LogP contribution is -2.32. The minimum absolute atomic E-state index is 0.290. The van der Waals surface area contributed by atoms with Crippen molar-refractivity contribution in [3.05, 3.63) is 45.8 Å². The van der Waals surface area contributed by atoms with Gasteiger partial charge in [-0.1, -0.05) is 24.6 Å². The topological polar surface area (TPSA) is 81.4 Å². The summed E-state index contributed by atoms with van der Waals surface area (Å²) in [5, 5.41) is 3.27. The largest absolute Gasteiger partial charge is 0.481 e. The van der Waals surface area contributed by atoms with Crippen molar-refractivity contribution >= 4 is 28.2 Å². The van der Waals surface area contributed by atoms with Crippen LogP contribution in [0.5, 0.6) is 5.75 Å². The maximum Gasteiger partial charge on any atom is 0.266 e. The summed E-state index contributed by atoms with van der Waals surface area (Å²) in [5.41, 5.74) is 7.73. The van der Waals surface area contributed by atoms with Gasteiger partial charge in [-0.15, -0.1) is 11.3 Å². The standard InChI is InChI=1S/C18H22N2O3S/c1-5-14(23-13-8-6-10(2)7-9-13)17(22)20-18-15(16(19)21)11(3)12(4)24-18/h6-9,14H,5H2,1-4H3,(H2,19,21)(H,20,22)/t14-/m1/s1. The molecule has 2 rings (SSSR count). The first-order chi connectivity index (χ1) is 11.3. The number of amides is 2. The molecule has 1 atom stereocenters. The van der Waals surface area contributed by atoms with Crippen LogP contribution in [-0.2, 0) is 4.79 Å². The van der Waals surface area contributed by atoms with Crippen molar-refractivity contribution in [2.24, 2.45) is 5.73 Å². The van der Waals surface area contributed by atoms with Gasteiger partial charge in [-0.05, 0) is 44.9 Å². The van der Waals surface area contributed by atoms with Gasteiger partial charge in [-0.2, -0.15) is 0 Å². The number of benzene rings is 1. The average Bonchev–Trinajstić information content (AvgIpc) is 2.80. The minimum Gasteiger partial charge on any atom is -0.481 e. The summed E-state index contributed by atoms with van der Waals surface area (Å²) >= 11 is 1.35. The average molecular weight is 346 g/mol. The van der Waals surface area contributed by atoms with Crippen LogP contribution in [0.4, 0.5) is 5.00 Å². The van der Waals surface area contributed by atoms with Gasteiger partial charge in [0.25, 0.3) is 11.8 Å². The molecule has 0 radical (unpaired) electrons. The zero-order valence-electron chi connectivity index (χ0n) is 14.3. The van der Waals surface area contributed by atoms with E-state index in [1.54, 1.807) is 0 Å². The number of rotatable bonds is 6. The van der Waals surface area contributed by atoms with E-state index in [1.165, 1.54) is 11.3 Å². The molecule has 6 heteroatoms. The van der Waals surface area contributed by atoms with Gasteiger partial charge in [0.1, 0.15) is 10.8 Å². The molecule has 3 N–H and O–H groups in total. The summed E-state index contributed by atoms with van der Waals surface area (Å²) in [5.74, 6) is -0.197. The highest BCUT2D eigenvalue weighted by atomic mass is 32.1. The molecule has 1 heterocycles. The number of ether oxygens (including phenoxy) is 1. The molecule has 0 saturated carbocycles. The third-order valence-corrected chi connectivity index (χ3v) is 4.95. The van der Waals surface area contributed by atoms with Crippen LogP contribution in [0, 0.1) is 20.8 Å². The monoisotopic (exact) mass is 346 g/mol. The van der Waals surface area contributed by atoms with E-state index < -0.39 is 12.0 Å². The Morgan fingerprint density at radius 2 is 1.83 bits per heavy atom. The molecule has 2 aromatic rings. The quantitative estimate of drug-likeness (QED) is 0.839. The molecule has 0 spiro atoms. The van der Waals surface area contributed by atoms with Gasteiger partial charge in [-0.25, -0.2) is 0 Å².